The summed E-state index contributed by atoms with van der Waals surface area (Å²) in [4.78, 5) is 35.0. The Kier molecular flexibility index (Phi) is 41.6. The molecule has 0 saturated heterocycles. The number of aliphatic hydroxyl groups excluding tert-OH is 3. The largest absolute Gasteiger partial charge is 0.472 e. The van der Waals surface area contributed by atoms with E-state index < -0.39 is 51.8 Å². The minimum absolute atomic E-state index is 0.124. The zero-order chi connectivity index (χ0) is 44.0. The summed E-state index contributed by atoms with van der Waals surface area (Å²) in [5.41, 5.74) is 0. The van der Waals surface area contributed by atoms with Gasteiger partial charge in [0.2, 0.25) is 0 Å². The summed E-state index contributed by atoms with van der Waals surface area (Å²) in [6.45, 7) is 0.231. The first-order chi connectivity index (χ1) is 29.2. The average molecular weight is 863 g/mol. The lowest BCUT2D eigenvalue weighted by atomic mass is 10.1. The summed E-state index contributed by atoms with van der Waals surface area (Å²) in [7, 11) is -4.65. The topological polar surface area (TPSA) is 169 Å². The normalized spacial score (nSPS) is 14.7. The minimum Gasteiger partial charge on any atom is -0.462 e. The van der Waals surface area contributed by atoms with Gasteiger partial charge in [0, 0.05) is 19.4 Å². The zero-order valence-electron chi connectivity index (χ0n) is 36.6. The number of hydrogen-bond acceptors (Lipinski definition) is 10. The Morgan fingerprint density at radius 2 is 0.933 bits per heavy atom. The van der Waals surface area contributed by atoms with Gasteiger partial charge < -0.3 is 29.7 Å². The highest BCUT2D eigenvalue weighted by molar-refractivity contribution is 7.47. The number of unbranched alkanes of at least 4 members (excludes halogenated alkanes) is 10. The molecule has 60 heavy (non-hydrogen) atoms. The quantitative estimate of drug-likeness (QED) is 0.0200. The number of carbonyl (C=O) groups is 2. The molecular weight excluding hydrogens is 783 g/mol. The molecule has 0 aromatic carbocycles. The van der Waals surface area contributed by atoms with Crippen LogP contribution in [-0.2, 0) is 32.7 Å². The number of phosphoric ester groups is 1. The van der Waals surface area contributed by atoms with Crippen molar-refractivity contribution in [3.8, 4) is 0 Å². The van der Waals surface area contributed by atoms with Crippen LogP contribution in [0.1, 0.15) is 148 Å². The Hall–Kier alpha value is -3.15. The molecule has 0 spiro atoms. The van der Waals surface area contributed by atoms with Crippen LogP contribution in [0.25, 0.3) is 0 Å². The fourth-order valence-electron chi connectivity index (χ4n) is 5.30. The van der Waals surface area contributed by atoms with Gasteiger partial charge in [0.1, 0.15) is 12.7 Å². The third kappa shape index (κ3) is 43.0. The summed E-state index contributed by atoms with van der Waals surface area (Å²) in [5.74, 6) is -1.05. The molecule has 0 aliphatic carbocycles. The molecule has 0 bridgehead atoms. The molecule has 0 aliphatic heterocycles. The van der Waals surface area contributed by atoms with Gasteiger partial charge in [-0.2, -0.15) is 0 Å². The van der Waals surface area contributed by atoms with Gasteiger partial charge >= 0.3 is 19.8 Å². The third-order valence-electron chi connectivity index (χ3n) is 8.77. The van der Waals surface area contributed by atoms with Crippen molar-refractivity contribution < 1.29 is 52.9 Å². The first kappa shape index (κ1) is 56.9. The number of allylic oxidation sites excluding steroid dienone is 16. The number of hydrogen-bond donors (Lipinski definition) is 4. The zero-order valence-corrected chi connectivity index (χ0v) is 37.5. The summed E-state index contributed by atoms with van der Waals surface area (Å²) in [6.07, 6.45) is 51.0. The number of rotatable bonds is 41. The number of esters is 2. The maximum absolute atomic E-state index is 12.6. The van der Waals surface area contributed by atoms with Gasteiger partial charge in [0.05, 0.1) is 19.8 Å². The van der Waals surface area contributed by atoms with Crippen molar-refractivity contribution in [1.29, 1.82) is 0 Å². The summed E-state index contributed by atoms with van der Waals surface area (Å²) in [5, 5.41) is 27.1. The Morgan fingerprint density at radius 1 is 0.517 bits per heavy atom. The predicted molar refractivity (Wildman–Crippen MR) is 243 cm³/mol. The van der Waals surface area contributed by atoms with Gasteiger partial charge in [-0.3, -0.25) is 18.6 Å². The van der Waals surface area contributed by atoms with Crippen LogP contribution in [0.5, 0.6) is 0 Å². The van der Waals surface area contributed by atoms with Crippen molar-refractivity contribution in [3.05, 3.63) is 97.2 Å². The van der Waals surface area contributed by atoms with E-state index in [1.807, 2.05) is 12.2 Å². The second-order valence-electron chi connectivity index (χ2n) is 14.4. The van der Waals surface area contributed by atoms with E-state index in [4.69, 9.17) is 24.2 Å². The Bertz CT molecular complexity index is 1310. The second kappa shape index (κ2) is 43.9. The van der Waals surface area contributed by atoms with Crippen molar-refractivity contribution in [1.82, 2.24) is 0 Å². The van der Waals surface area contributed by atoms with Crippen LogP contribution in [0.15, 0.2) is 97.2 Å². The van der Waals surface area contributed by atoms with E-state index in [9.17, 15) is 24.2 Å². The highest BCUT2D eigenvalue weighted by atomic mass is 31.2. The number of ether oxygens (including phenoxy) is 2. The van der Waals surface area contributed by atoms with Crippen LogP contribution >= 0.6 is 7.82 Å². The van der Waals surface area contributed by atoms with Crippen molar-refractivity contribution >= 4 is 19.8 Å². The molecule has 0 heterocycles. The molecule has 0 saturated carbocycles. The summed E-state index contributed by atoms with van der Waals surface area (Å²) >= 11 is 0. The summed E-state index contributed by atoms with van der Waals surface area (Å²) in [6, 6.07) is 0. The molecule has 0 amide bonds. The molecule has 0 aromatic heterocycles. The fraction of sp³-hybridized carbons (Fsp3) is 0.625. The molecule has 0 aromatic rings. The average Bonchev–Trinajstić information content (AvgIpc) is 3.24. The Labute approximate surface area is 362 Å². The highest BCUT2D eigenvalue weighted by Crippen LogP contribution is 2.43. The predicted octanol–water partition coefficient (Wildman–Crippen LogP) is 11.0. The van der Waals surface area contributed by atoms with E-state index in [1.54, 1.807) is 0 Å². The molecule has 0 aliphatic rings. The summed E-state index contributed by atoms with van der Waals surface area (Å²) < 4.78 is 32.6. The van der Waals surface area contributed by atoms with Gasteiger partial charge in [-0.15, -0.1) is 0 Å². The van der Waals surface area contributed by atoms with E-state index in [-0.39, 0.29) is 26.1 Å². The minimum atomic E-state index is -4.65. The van der Waals surface area contributed by atoms with Crippen LogP contribution in [-0.4, -0.2) is 77.4 Å². The molecule has 4 N–H and O–H groups in total. The molecule has 0 fully saturated rings. The first-order valence-electron chi connectivity index (χ1n) is 22.3. The molecule has 1 unspecified atom stereocenters. The van der Waals surface area contributed by atoms with Crippen LogP contribution in [0.2, 0.25) is 0 Å². The number of phosphoric acid groups is 1. The molecular formula is C48H79O11P. The molecule has 0 radical (unpaired) electrons. The van der Waals surface area contributed by atoms with E-state index in [0.29, 0.717) is 19.3 Å². The van der Waals surface area contributed by atoms with Crippen LogP contribution in [0, 0.1) is 0 Å². The molecule has 12 heteroatoms. The lowest BCUT2D eigenvalue weighted by molar-refractivity contribution is -0.161. The first-order valence-corrected chi connectivity index (χ1v) is 23.8. The van der Waals surface area contributed by atoms with Crippen molar-refractivity contribution in [2.45, 2.75) is 160 Å². The lowest BCUT2D eigenvalue weighted by Crippen LogP contribution is -2.29. The second-order valence-corrected chi connectivity index (χ2v) is 15.9. The SMILES string of the molecule is CCCCC/C=C\C/C=C\C/C=C\C/C=C\CCCCCC(=O)O[C@H](COC(=O)CCC/C=C\C/C=C\C/C=C\C/C=C\CCCCCO)COP(=O)(O)OC[C@@H](O)CO. The van der Waals surface area contributed by atoms with Crippen molar-refractivity contribution in [3.63, 3.8) is 0 Å². The molecule has 0 rings (SSSR count). The van der Waals surface area contributed by atoms with Gasteiger partial charge in [-0.05, 0) is 103 Å². The van der Waals surface area contributed by atoms with Gasteiger partial charge in [-0.1, -0.05) is 130 Å². The van der Waals surface area contributed by atoms with Gasteiger partial charge in [-0.25, -0.2) is 4.57 Å². The monoisotopic (exact) mass is 863 g/mol. The Balaban J connectivity index is 4.46. The standard InChI is InChI=1S/C48H79O11P/c1-2-3-4-5-6-7-8-9-10-11-12-14-18-21-24-27-30-33-36-39-48(53)59-46(44-58-60(54,55)57-42-45(51)41-50)43-56-47(52)38-35-32-29-26-23-20-17-15-13-16-19-22-25-28-31-34-37-40-49/h6-7,9-10,12-14,16-17,20-22,24-26,29,45-46,49-51H,2-5,8,11,15,18-19,23,27-28,30-44H2,1H3,(H,54,55)/b7-6-,10-9-,14-12-,16-13-,20-17-,24-21-,25-22-,29-26-/t45-,46+/m0/s1. The van der Waals surface area contributed by atoms with E-state index >= 15 is 0 Å². The Morgan fingerprint density at radius 3 is 1.40 bits per heavy atom. The van der Waals surface area contributed by atoms with Crippen LogP contribution in [0.3, 0.4) is 0 Å². The van der Waals surface area contributed by atoms with Crippen LogP contribution in [0.4, 0.5) is 0 Å². The molecule has 3 atom stereocenters. The molecule has 11 nitrogen and oxygen atoms in total. The number of aliphatic hydroxyl groups is 3. The molecule has 342 valence electrons. The van der Waals surface area contributed by atoms with E-state index in [1.165, 1.54) is 25.7 Å². The fourth-order valence-corrected chi connectivity index (χ4v) is 6.09. The smallest absolute Gasteiger partial charge is 0.462 e. The third-order valence-corrected chi connectivity index (χ3v) is 9.72. The highest BCUT2D eigenvalue weighted by Gasteiger charge is 2.27. The maximum atomic E-state index is 12.6. The maximum Gasteiger partial charge on any atom is 0.472 e. The van der Waals surface area contributed by atoms with Crippen LogP contribution < -0.4 is 0 Å². The van der Waals surface area contributed by atoms with Crippen molar-refractivity contribution in [2.24, 2.45) is 0 Å². The van der Waals surface area contributed by atoms with E-state index in [2.05, 4.69) is 96.5 Å². The number of carbonyl (C=O) groups excluding carboxylic acids is 2. The lowest BCUT2D eigenvalue weighted by Gasteiger charge is -2.20. The van der Waals surface area contributed by atoms with Gasteiger partial charge in [0.15, 0.2) is 6.10 Å². The van der Waals surface area contributed by atoms with E-state index in [0.717, 1.165) is 83.5 Å². The van der Waals surface area contributed by atoms with Crippen molar-refractivity contribution in [2.75, 3.05) is 33.0 Å². The van der Waals surface area contributed by atoms with Gasteiger partial charge in [0.25, 0.3) is 0 Å².